The molecule has 72 heavy (non-hydrogen) atoms. The average molecular weight is 1030 g/mol. The molecule has 3 atom stereocenters. The molecule has 0 heterocycles. The van der Waals surface area contributed by atoms with Gasteiger partial charge in [0.25, 0.3) is 7.82 Å². The minimum atomic E-state index is -4.71. The first-order valence-electron chi connectivity index (χ1n) is 29.4. The van der Waals surface area contributed by atoms with Crippen LogP contribution in [0.2, 0.25) is 0 Å². The molecule has 0 aromatic rings. The highest BCUT2D eigenvalue weighted by molar-refractivity contribution is 7.45. The quantitative estimate of drug-likeness (QED) is 0.0161. The number of phosphoric acid groups is 1. The molecule has 0 aromatic carbocycles. The SMILES string of the molecule is CC/C=C/C=C/C=C/CCCCCCCCCC(=O)NC(COP(=O)([O-])OCC[N+](C)(C)C)C(/C=C/CCCCCCCCCCCC)OC(=O)CCCCCCCC/C=C\C/C=C\C/C=C\CCCCC. The molecule has 0 spiro atoms. The Morgan fingerprint density at radius 3 is 1.47 bits per heavy atom. The van der Waals surface area contributed by atoms with E-state index >= 15 is 0 Å². The van der Waals surface area contributed by atoms with Crippen molar-refractivity contribution in [2.24, 2.45) is 0 Å². The summed E-state index contributed by atoms with van der Waals surface area (Å²) in [4.78, 5) is 39.9. The maximum atomic E-state index is 13.5. The molecular weight excluding hydrogens is 916 g/mol. The Morgan fingerprint density at radius 2 is 0.944 bits per heavy atom. The fraction of sp³-hybridized carbons (Fsp3) is 0.742. The van der Waals surface area contributed by atoms with E-state index < -0.39 is 26.6 Å². The van der Waals surface area contributed by atoms with Crippen LogP contribution >= 0.6 is 7.82 Å². The minimum absolute atomic E-state index is 0.0308. The lowest BCUT2D eigenvalue weighted by atomic mass is 10.0. The van der Waals surface area contributed by atoms with E-state index in [1.165, 1.54) is 96.3 Å². The maximum Gasteiger partial charge on any atom is 0.306 e. The number of phosphoric ester groups is 1. The molecule has 0 aliphatic carbocycles. The Labute approximate surface area is 444 Å². The van der Waals surface area contributed by atoms with E-state index in [4.69, 9.17) is 13.8 Å². The number of likely N-dealkylation sites (N-methyl/N-ethyl adjacent to an activating group) is 1. The summed E-state index contributed by atoms with van der Waals surface area (Å²) in [6.07, 6.45) is 66.8. The second kappa shape index (κ2) is 51.7. The molecule has 0 saturated heterocycles. The highest BCUT2D eigenvalue weighted by atomic mass is 31.2. The summed E-state index contributed by atoms with van der Waals surface area (Å²) < 4.78 is 30.2. The molecule has 0 bridgehead atoms. The maximum absolute atomic E-state index is 13.5. The van der Waals surface area contributed by atoms with Gasteiger partial charge in [0.2, 0.25) is 5.91 Å². The van der Waals surface area contributed by atoms with Crippen molar-refractivity contribution in [2.45, 2.75) is 258 Å². The van der Waals surface area contributed by atoms with E-state index in [1.54, 1.807) is 0 Å². The minimum Gasteiger partial charge on any atom is -0.756 e. The van der Waals surface area contributed by atoms with Crippen molar-refractivity contribution in [1.82, 2.24) is 5.32 Å². The van der Waals surface area contributed by atoms with E-state index in [2.05, 4.69) is 99.0 Å². The molecule has 1 N–H and O–H groups in total. The Bertz CT molecular complexity index is 1510. The summed E-state index contributed by atoms with van der Waals surface area (Å²) in [5.74, 6) is -0.573. The summed E-state index contributed by atoms with van der Waals surface area (Å²) in [7, 11) is 1.16. The van der Waals surface area contributed by atoms with Crippen LogP contribution in [-0.4, -0.2) is 69.4 Å². The van der Waals surface area contributed by atoms with Crippen molar-refractivity contribution in [3.8, 4) is 0 Å². The molecule has 10 heteroatoms. The first-order valence-corrected chi connectivity index (χ1v) is 30.9. The van der Waals surface area contributed by atoms with E-state index in [0.717, 1.165) is 109 Å². The van der Waals surface area contributed by atoms with Gasteiger partial charge in [-0.25, -0.2) is 0 Å². The van der Waals surface area contributed by atoms with Gasteiger partial charge in [0.05, 0.1) is 33.8 Å². The van der Waals surface area contributed by atoms with Crippen molar-refractivity contribution in [1.29, 1.82) is 0 Å². The number of esters is 1. The van der Waals surface area contributed by atoms with Gasteiger partial charge in [-0.1, -0.05) is 228 Å². The molecule has 0 radical (unpaired) electrons. The largest absolute Gasteiger partial charge is 0.756 e. The van der Waals surface area contributed by atoms with E-state index in [9.17, 15) is 19.0 Å². The summed E-state index contributed by atoms with van der Waals surface area (Å²) in [6, 6.07) is -0.903. The van der Waals surface area contributed by atoms with Gasteiger partial charge < -0.3 is 28.5 Å². The van der Waals surface area contributed by atoms with Crippen molar-refractivity contribution in [3.05, 3.63) is 85.1 Å². The number of amides is 1. The average Bonchev–Trinajstić information content (AvgIpc) is 3.34. The predicted octanol–water partition coefficient (Wildman–Crippen LogP) is 17.2. The fourth-order valence-electron chi connectivity index (χ4n) is 8.06. The van der Waals surface area contributed by atoms with Gasteiger partial charge in [0, 0.05) is 12.8 Å². The Balaban J connectivity index is 5.35. The monoisotopic (exact) mass is 1030 g/mol. The van der Waals surface area contributed by atoms with Crippen molar-refractivity contribution < 1.29 is 37.3 Å². The van der Waals surface area contributed by atoms with Gasteiger partial charge >= 0.3 is 5.97 Å². The molecule has 0 aliphatic rings. The molecule has 0 fully saturated rings. The van der Waals surface area contributed by atoms with Crippen LogP contribution in [0.15, 0.2) is 85.1 Å². The van der Waals surface area contributed by atoms with Crippen LogP contribution in [0.1, 0.15) is 245 Å². The Kier molecular flexibility index (Phi) is 49.6. The first-order chi connectivity index (χ1) is 34.9. The van der Waals surface area contributed by atoms with Gasteiger partial charge in [-0.05, 0) is 89.5 Å². The van der Waals surface area contributed by atoms with Crippen LogP contribution < -0.4 is 10.2 Å². The molecule has 0 aromatic heterocycles. The van der Waals surface area contributed by atoms with Crippen LogP contribution in [0, 0.1) is 0 Å². The number of hydrogen-bond donors (Lipinski definition) is 1. The molecular formula is C62H111N2O7P. The predicted molar refractivity (Wildman–Crippen MR) is 307 cm³/mol. The van der Waals surface area contributed by atoms with Gasteiger partial charge in [-0.3, -0.25) is 14.2 Å². The molecule has 3 unspecified atom stereocenters. The first kappa shape index (κ1) is 69.2. The second-order valence-electron chi connectivity index (χ2n) is 20.8. The standard InChI is InChI=1S/C62H111N2O7P/c1-7-10-13-16-19-22-25-28-30-31-32-33-35-37-40-43-46-49-52-55-62(66)71-60(53-50-47-44-41-38-27-24-21-18-15-12-9-3)59(58-70-72(67,68)69-57-56-64(4,5)6)63-61(65)54-51-48-45-42-39-36-34-29-26-23-20-17-14-11-8-2/h11,14,17,19-20,22-23,26,28,30,32-33,50,53,59-60H,7-10,12-13,15-16,18,21,24-25,27,29,31,34-49,51-52,54-58H2,1-6H3,(H-,63,65,67,68)/b14-11+,20-17+,22-19-,26-23+,30-28-,33-32-,53-50+. The van der Waals surface area contributed by atoms with Crippen molar-refractivity contribution in [2.75, 3.05) is 40.9 Å². The zero-order valence-electron chi connectivity index (χ0n) is 47.4. The molecule has 9 nitrogen and oxygen atoms in total. The zero-order valence-corrected chi connectivity index (χ0v) is 48.3. The highest BCUT2D eigenvalue weighted by Gasteiger charge is 2.27. The van der Waals surface area contributed by atoms with Crippen LogP contribution in [-0.2, 0) is 27.9 Å². The molecule has 0 aliphatic heterocycles. The number of rotatable bonds is 52. The van der Waals surface area contributed by atoms with E-state index in [-0.39, 0.29) is 24.9 Å². The summed E-state index contributed by atoms with van der Waals surface area (Å²) in [6.45, 7) is 6.66. The molecule has 1 amide bonds. The van der Waals surface area contributed by atoms with Gasteiger partial charge in [0.15, 0.2) is 0 Å². The molecule has 0 saturated carbocycles. The normalized spacial score (nSPS) is 14.4. The van der Waals surface area contributed by atoms with Crippen molar-refractivity contribution in [3.63, 3.8) is 0 Å². The lowest BCUT2D eigenvalue weighted by Crippen LogP contribution is -2.47. The second-order valence-corrected chi connectivity index (χ2v) is 22.2. The molecule has 416 valence electrons. The van der Waals surface area contributed by atoms with Crippen LogP contribution in [0.25, 0.3) is 0 Å². The van der Waals surface area contributed by atoms with Gasteiger partial charge in [-0.15, -0.1) is 0 Å². The number of unbranched alkanes of at least 4 members (excludes halogenated alkanes) is 26. The number of carbonyl (C=O) groups excluding carboxylic acids is 2. The van der Waals surface area contributed by atoms with E-state index in [0.29, 0.717) is 23.9 Å². The number of quaternary nitrogens is 1. The van der Waals surface area contributed by atoms with Crippen LogP contribution in [0.4, 0.5) is 0 Å². The fourth-order valence-corrected chi connectivity index (χ4v) is 8.78. The number of hydrogen-bond acceptors (Lipinski definition) is 7. The van der Waals surface area contributed by atoms with Crippen LogP contribution in [0.3, 0.4) is 0 Å². The Hall–Kier alpha value is -2.81. The zero-order chi connectivity index (χ0) is 52.9. The molecule has 0 rings (SSSR count). The summed E-state index contributed by atoms with van der Waals surface area (Å²) in [5.41, 5.74) is 0. The summed E-state index contributed by atoms with van der Waals surface area (Å²) >= 11 is 0. The number of carbonyl (C=O) groups is 2. The van der Waals surface area contributed by atoms with Gasteiger partial charge in [-0.2, -0.15) is 0 Å². The third-order valence-corrected chi connectivity index (χ3v) is 13.6. The van der Waals surface area contributed by atoms with Crippen LogP contribution in [0.5, 0.6) is 0 Å². The third kappa shape index (κ3) is 52.1. The highest BCUT2D eigenvalue weighted by Crippen LogP contribution is 2.38. The number of ether oxygens (including phenoxy) is 1. The third-order valence-electron chi connectivity index (χ3n) is 12.6. The smallest absolute Gasteiger partial charge is 0.306 e. The topological polar surface area (TPSA) is 114 Å². The van der Waals surface area contributed by atoms with Crippen molar-refractivity contribution >= 4 is 19.7 Å². The number of nitrogens with one attached hydrogen (secondary N) is 1. The lowest BCUT2D eigenvalue weighted by molar-refractivity contribution is -0.870. The summed E-state index contributed by atoms with van der Waals surface area (Å²) in [5, 5.41) is 3.01. The Morgan fingerprint density at radius 1 is 0.514 bits per heavy atom. The van der Waals surface area contributed by atoms with Gasteiger partial charge in [0.1, 0.15) is 19.3 Å². The number of nitrogens with zero attached hydrogens (tertiary/aromatic N) is 1. The lowest BCUT2D eigenvalue weighted by Gasteiger charge is -2.30. The van der Waals surface area contributed by atoms with E-state index in [1.807, 2.05) is 33.3 Å². The number of allylic oxidation sites excluding steroid dienone is 13.